The van der Waals surface area contributed by atoms with Crippen molar-refractivity contribution >= 4 is 0 Å². The zero-order valence-corrected chi connectivity index (χ0v) is 8.96. The number of benzene rings is 1. The average molecular weight is 233 g/mol. The molecule has 0 fully saturated rings. The first-order valence-corrected chi connectivity index (χ1v) is 5.27. The second kappa shape index (κ2) is 4.06. The van der Waals surface area contributed by atoms with Gasteiger partial charge in [0.15, 0.2) is 23.4 Å². The van der Waals surface area contributed by atoms with Crippen molar-refractivity contribution in [3.8, 4) is 11.5 Å². The van der Waals surface area contributed by atoms with E-state index in [-0.39, 0.29) is 12.7 Å². The summed E-state index contributed by atoms with van der Waals surface area (Å²) in [5.41, 5.74) is 0. The minimum absolute atomic E-state index is 0.169. The van der Waals surface area contributed by atoms with Gasteiger partial charge in [-0.3, -0.25) is 5.10 Å². The molecule has 0 saturated carbocycles. The van der Waals surface area contributed by atoms with Crippen molar-refractivity contribution in [1.82, 2.24) is 15.2 Å². The third-order valence-electron chi connectivity index (χ3n) is 2.50. The van der Waals surface area contributed by atoms with E-state index in [1.807, 2.05) is 24.3 Å². The fourth-order valence-corrected chi connectivity index (χ4v) is 1.67. The summed E-state index contributed by atoms with van der Waals surface area (Å²) >= 11 is 0. The molecule has 2 N–H and O–H groups in total. The van der Waals surface area contributed by atoms with Crippen LogP contribution in [0.2, 0.25) is 0 Å². The maximum atomic E-state index is 8.90. The fraction of sp³-hybridized carbons (Fsp3) is 0.273. The van der Waals surface area contributed by atoms with Crippen LogP contribution in [0, 0.1) is 0 Å². The molecule has 3 rings (SSSR count). The van der Waals surface area contributed by atoms with Crippen LogP contribution < -0.4 is 9.47 Å². The third-order valence-corrected chi connectivity index (χ3v) is 2.50. The largest absolute Gasteiger partial charge is 0.485 e. The predicted molar refractivity (Wildman–Crippen MR) is 57.6 cm³/mol. The van der Waals surface area contributed by atoms with E-state index in [0.717, 1.165) is 5.75 Å². The Labute approximate surface area is 97.2 Å². The number of aliphatic hydroxyl groups excluding tert-OH is 1. The van der Waals surface area contributed by atoms with Gasteiger partial charge in [0.1, 0.15) is 19.0 Å². The Balaban J connectivity index is 1.84. The van der Waals surface area contributed by atoms with Crippen molar-refractivity contribution in [3.63, 3.8) is 0 Å². The van der Waals surface area contributed by atoms with E-state index in [1.54, 1.807) is 0 Å². The molecule has 1 aromatic carbocycles. The SMILES string of the molecule is OCc1nc(C2COc3ccccc3O2)n[nH]1. The smallest absolute Gasteiger partial charge is 0.195 e. The molecule has 0 amide bonds. The van der Waals surface area contributed by atoms with Gasteiger partial charge in [-0.15, -0.1) is 0 Å². The zero-order valence-electron chi connectivity index (χ0n) is 8.96. The molecule has 6 heteroatoms. The molecule has 88 valence electrons. The summed E-state index contributed by atoms with van der Waals surface area (Å²) in [7, 11) is 0. The van der Waals surface area contributed by atoms with E-state index in [2.05, 4.69) is 15.2 Å². The summed E-state index contributed by atoms with van der Waals surface area (Å²) in [5, 5.41) is 15.5. The molecule has 1 aliphatic rings. The van der Waals surface area contributed by atoms with Crippen LogP contribution in [-0.4, -0.2) is 26.9 Å². The molecule has 0 spiro atoms. The number of H-pyrrole nitrogens is 1. The second-order valence-electron chi connectivity index (χ2n) is 3.66. The standard InChI is InChI=1S/C11H11N3O3/c15-5-10-12-11(14-13-10)9-6-16-7-3-1-2-4-8(7)17-9/h1-4,9,15H,5-6H2,(H,12,13,14). The van der Waals surface area contributed by atoms with E-state index in [1.165, 1.54) is 0 Å². The molecule has 0 saturated heterocycles. The number of ether oxygens (including phenoxy) is 2. The van der Waals surface area contributed by atoms with E-state index < -0.39 is 0 Å². The van der Waals surface area contributed by atoms with E-state index >= 15 is 0 Å². The van der Waals surface area contributed by atoms with Crippen LogP contribution in [0.1, 0.15) is 17.8 Å². The Kier molecular flexibility index (Phi) is 2.41. The monoisotopic (exact) mass is 233 g/mol. The Morgan fingerprint density at radius 2 is 2.18 bits per heavy atom. The lowest BCUT2D eigenvalue weighted by Gasteiger charge is -2.24. The van der Waals surface area contributed by atoms with Crippen molar-refractivity contribution in [2.24, 2.45) is 0 Å². The zero-order chi connectivity index (χ0) is 11.7. The van der Waals surface area contributed by atoms with Gasteiger partial charge in [-0.2, -0.15) is 5.10 Å². The van der Waals surface area contributed by atoms with Crippen molar-refractivity contribution in [2.45, 2.75) is 12.7 Å². The Hall–Kier alpha value is -2.08. The number of fused-ring (bicyclic) bond motifs is 1. The molecule has 1 atom stereocenters. The molecule has 17 heavy (non-hydrogen) atoms. The lowest BCUT2D eigenvalue weighted by molar-refractivity contribution is 0.0852. The molecular formula is C11H11N3O3. The predicted octanol–water partition coefficient (Wildman–Crippen LogP) is 0.809. The van der Waals surface area contributed by atoms with Crippen LogP contribution in [0.4, 0.5) is 0 Å². The number of nitrogens with one attached hydrogen (secondary N) is 1. The highest BCUT2D eigenvalue weighted by Gasteiger charge is 2.25. The first kappa shape index (κ1) is 10.1. The second-order valence-corrected chi connectivity index (χ2v) is 3.66. The Bertz CT molecular complexity index is 526. The van der Waals surface area contributed by atoms with Crippen molar-refractivity contribution in [2.75, 3.05) is 6.61 Å². The number of hydrogen-bond donors (Lipinski definition) is 2. The maximum Gasteiger partial charge on any atom is 0.195 e. The van der Waals surface area contributed by atoms with Gasteiger partial charge in [0, 0.05) is 0 Å². The van der Waals surface area contributed by atoms with Crippen molar-refractivity contribution in [1.29, 1.82) is 0 Å². The number of nitrogens with zero attached hydrogens (tertiary/aromatic N) is 2. The third kappa shape index (κ3) is 1.83. The first-order chi connectivity index (χ1) is 8.36. The molecule has 1 aliphatic heterocycles. The minimum Gasteiger partial charge on any atom is -0.485 e. The summed E-state index contributed by atoms with van der Waals surface area (Å²) < 4.78 is 11.3. The van der Waals surface area contributed by atoms with Crippen LogP contribution in [0.5, 0.6) is 11.5 Å². The molecule has 1 aromatic heterocycles. The number of rotatable bonds is 2. The highest BCUT2D eigenvalue weighted by molar-refractivity contribution is 5.40. The van der Waals surface area contributed by atoms with Crippen LogP contribution in [0.3, 0.4) is 0 Å². The summed E-state index contributed by atoms with van der Waals surface area (Å²) in [6, 6.07) is 7.45. The normalized spacial score (nSPS) is 18.1. The van der Waals surface area contributed by atoms with E-state index in [4.69, 9.17) is 14.6 Å². The summed E-state index contributed by atoms with van der Waals surface area (Å²) in [6.07, 6.45) is -0.346. The molecule has 0 radical (unpaired) electrons. The van der Waals surface area contributed by atoms with Gasteiger partial charge in [-0.05, 0) is 12.1 Å². The molecule has 2 aromatic rings. The number of hydrogen-bond acceptors (Lipinski definition) is 5. The van der Waals surface area contributed by atoms with Crippen molar-refractivity contribution < 1.29 is 14.6 Å². The summed E-state index contributed by atoms with van der Waals surface area (Å²) in [5.74, 6) is 2.31. The molecule has 0 aliphatic carbocycles. The first-order valence-electron chi connectivity index (χ1n) is 5.27. The topological polar surface area (TPSA) is 80.3 Å². The Morgan fingerprint density at radius 1 is 1.35 bits per heavy atom. The average Bonchev–Trinajstić information content (AvgIpc) is 2.87. The highest BCUT2D eigenvalue weighted by atomic mass is 16.6. The van der Waals surface area contributed by atoms with E-state index in [9.17, 15) is 0 Å². The Morgan fingerprint density at radius 3 is 2.94 bits per heavy atom. The molecule has 1 unspecified atom stereocenters. The molecular weight excluding hydrogens is 222 g/mol. The van der Waals surface area contributed by atoms with Crippen LogP contribution in [0.15, 0.2) is 24.3 Å². The molecule has 0 bridgehead atoms. The number of aromatic amines is 1. The van der Waals surface area contributed by atoms with Gasteiger partial charge in [0.05, 0.1) is 0 Å². The van der Waals surface area contributed by atoms with Crippen molar-refractivity contribution in [3.05, 3.63) is 35.9 Å². The molecule has 6 nitrogen and oxygen atoms in total. The van der Waals surface area contributed by atoms with Crippen LogP contribution >= 0.6 is 0 Å². The van der Waals surface area contributed by atoms with Crippen LogP contribution in [-0.2, 0) is 6.61 Å². The maximum absolute atomic E-state index is 8.90. The van der Waals surface area contributed by atoms with Gasteiger partial charge in [0.2, 0.25) is 0 Å². The fourth-order valence-electron chi connectivity index (χ4n) is 1.67. The van der Waals surface area contributed by atoms with Crippen LogP contribution in [0.25, 0.3) is 0 Å². The molecule has 2 heterocycles. The number of aromatic nitrogens is 3. The lowest BCUT2D eigenvalue weighted by Crippen LogP contribution is -2.22. The van der Waals surface area contributed by atoms with Gasteiger partial charge in [0.25, 0.3) is 0 Å². The van der Waals surface area contributed by atoms with Gasteiger partial charge in [-0.1, -0.05) is 12.1 Å². The number of para-hydroxylation sites is 2. The van der Waals surface area contributed by atoms with E-state index in [0.29, 0.717) is 24.0 Å². The number of aliphatic hydroxyl groups is 1. The highest BCUT2D eigenvalue weighted by Crippen LogP contribution is 2.34. The van der Waals surface area contributed by atoms with Gasteiger partial charge < -0.3 is 14.6 Å². The van der Waals surface area contributed by atoms with Gasteiger partial charge >= 0.3 is 0 Å². The quantitative estimate of drug-likeness (QED) is 0.802. The summed E-state index contributed by atoms with van der Waals surface area (Å²) in [6.45, 7) is 0.191. The minimum atomic E-state index is -0.346. The summed E-state index contributed by atoms with van der Waals surface area (Å²) in [4.78, 5) is 4.10. The van der Waals surface area contributed by atoms with Gasteiger partial charge in [-0.25, -0.2) is 4.98 Å². The lowest BCUT2D eigenvalue weighted by atomic mass is 10.2.